The highest BCUT2D eigenvalue weighted by Crippen LogP contribution is 2.28. The number of hydrogen-bond acceptors (Lipinski definition) is 6. The molecule has 28 heavy (non-hydrogen) atoms. The number of benzene rings is 2. The van der Waals surface area contributed by atoms with Crippen LogP contribution in [0.4, 0.5) is 10.1 Å². The number of nitrogens with one attached hydrogen (secondary N) is 1. The van der Waals surface area contributed by atoms with Gasteiger partial charge in [-0.15, -0.1) is 11.3 Å². The van der Waals surface area contributed by atoms with Gasteiger partial charge in [0.25, 0.3) is 5.69 Å². The second-order valence-corrected chi connectivity index (χ2v) is 8.73. The van der Waals surface area contributed by atoms with Gasteiger partial charge in [0, 0.05) is 23.1 Å². The normalized spacial score (nSPS) is 11.5. The van der Waals surface area contributed by atoms with Crippen molar-refractivity contribution in [2.45, 2.75) is 18.2 Å². The van der Waals surface area contributed by atoms with Crippen LogP contribution >= 0.6 is 11.3 Å². The molecule has 0 saturated carbocycles. The molecule has 1 aromatic heterocycles. The van der Waals surface area contributed by atoms with Crippen LogP contribution in [-0.4, -0.2) is 24.9 Å². The van der Waals surface area contributed by atoms with Crippen molar-refractivity contribution in [1.82, 2.24) is 9.71 Å². The Morgan fingerprint density at radius 2 is 1.86 bits per heavy atom. The topological polar surface area (TPSA) is 102 Å². The lowest BCUT2D eigenvalue weighted by Crippen LogP contribution is -2.26. The third-order valence-electron chi connectivity index (χ3n) is 3.98. The molecule has 1 N–H and O–H groups in total. The van der Waals surface area contributed by atoms with E-state index in [1.165, 1.54) is 41.7 Å². The van der Waals surface area contributed by atoms with Gasteiger partial charge in [0.2, 0.25) is 10.0 Å². The van der Waals surface area contributed by atoms with Gasteiger partial charge in [0.05, 0.1) is 10.6 Å². The summed E-state index contributed by atoms with van der Waals surface area (Å²) < 4.78 is 40.3. The average Bonchev–Trinajstić information content (AvgIpc) is 3.03. The molecule has 0 aliphatic carbocycles. The summed E-state index contributed by atoms with van der Waals surface area (Å²) >= 11 is 1.40. The lowest BCUT2D eigenvalue weighted by atomic mass is 10.2. The van der Waals surface area contributed by atoms with Crippen LogP contribution in [0.25, 0.3) is 10.6 Å². The van der Waals surface area contributed by atoms with E-state index in [1.807, 2.05) is 6.92 Å². The molecule has 2 aromatic carbocycles. The van der Waals surface area contributed by atoms with Crippen molar-refractivity contribution in [3.05, 3.63) is 75.0 Å². The standard InChI is InChI=1S/C18H16FN3O4S2/c1-12-16(27-18(21-12)13-6-8-14(19)9-7-13)10-11-20-28(25,26)17-5-3-2-4-15(17)22(23)24/h2-9,20H,10-11H2,1H3. The molecule has 1 heterocycles. The van der Waals surface area contributed by atoms with Gasteiger partial charge in [-0.25, -0.2) is 22.5 Å². The van der Waals surface area contributed by atoms with Crippen molar-refractivity contribution in [3.8, 4) is 10.6 Å². The molecule has 0 amide bonds. The third-order valence-corrected chi connectivity index (χ3v) is 6.75. The molecule has 3 rings (SSSR count). The molecular weight excluding hydrogens is 405 g/mol. The number of hydrogen-bond donors (Lipinski definition) is 1. The minimum atomic E-state index is -4.02. The molecule has 0 aliphatic rings. The second-order valence-electron chi connectivity index (χ2n) is 5.91. The van der Waals surface area contributed by atoms with Crippen LogP contribution < -0.4 is 4.72 Å². The summed E-state index contributed by atoms with van der Waals surface area (Å²) in [6.45, 7) is 1.88. The average molecular weight is 421 g/mol. The Morgan fingerprint density at radius 1 is 1.18 bits per heavy atom. The molecule has 0 bridgehead atoms. The first-order valence-corrected chi connectivity index (χ1v) is 10.5. The SMILES string of the molecule is Cc1nc(-c2ccc(F)cc2)sc1CCNS(=O)(=O)c1ccccc1[N+](=O)[O-]. The number of aromatic nitrogens is 1. The van der Waals surface area contributed by atoms with E-state index in [4.69, 9.17) is 0 Å². The zero-order valence-electron chi connectivity index (χ0n) is 14.8. The fraction of sp³-hybridized carbons (Fsp3) is 0.167. The van der Waals surface area contributed by atoms with Gasteiger partial charge in [0.15, 0.2) is 4.90 Å². The molecule has 10 heteroatoms. The fourth-order valence-electron chi connectivity index (χ4n) is 2.59. The van der Waals surface area contributed by atoms with Crippen molar-refractivity contribution in [3.63, 3.8) is 0 Å². The Morgan fingerprint density at radius 3 is 2.54 bits per heavy atom. The molecule has 0 fully saturated rings. The van der Waals surface area contributed by atoms with Gasteiger partial charge in [0.1, 0.15) is 10.8 Å². The van der Waals surface area contributed by atoms with Gasteiger partial charge in [-0.05, 0) is 43.7 Å². The van der Waals surface area contributed by atoms with Gasteiger partial charge in [-0.3, -0.25) is 10.1 Å². The van der Waals surface area contributed by atoms with Crippen molar-refractivity contribution < 1.29 is 17.7 Å². The highest BCUT2D eigenvalue weighted by Gasteiger charge is 2.24. The largest absolute Gasteiger partial charge is 0.289 e. The number of nitro groups is 1. The predicted molar refractivity (Wildman–Crippen MR) is 104 cm³/mol. The molecule has 7 nitrogen and oxygen atoms in total. The number of rotatable bonds is 7. The monoisotopic (exact) mass is 421 g/mol. The van der Waals surface area contributed by atoms with Crippen LogP contribution in [0.2, 0.25) is 0 Å². The lowest BCUT2D eigenvalue weighted by Gasteiger charge is -2.06. The molecule has 0 spiro atoms. The van der Waals surface area contributed by atoms with Crippen molar-refractivity contribution >= 4 is 27.0 Å². The summed E-state index contributed by atoms with van der Waals surface area (Å²) in [5.74, 6) is -0.332. The summed E-state index contributed by atoms with van der Waals surface area (Å²) in [6.07, 6.45) is 0.380. The zero-order valence-corrected chi connectivity index (χ0v) is 16.4. The molecule has 3 aromatic rings. The summed E-state index contributed by atoms with van der Waals surface area (Å²) in [7, 11) is -4.02. The summed E-state index contributed by atoms with van der Waals surface area (Å²) in [5.41, 5.74) is 1.07. The molecule has 0 unspecified atom stereocenters. The third kappa shape index (κ3) is 4.41. The molecule has 146 valence electrons. The fourth-order valence-corrected chi connectivity index (χ4v) is 4.86. The van der Waals surface area contributed by atoms with E-state index in [1.54, 1.807) is 12.1 Å². The number of aryl methyl sites for hydroxylation is 1. The van der Waals surface area contributed by atoms with Gasteiger partial charge >= 0.3 is 0 Å². The minimum Gasteiger partial charge on any atom is -0.258 e. The Balaban J connectivity index is 1.72. The van der Waals surface area contributed by atoms with Crippen molar-refractivity contribution in [1.29, 1.82) is 0 Å². The van der Waals surface area contributed by atoms with E-state index < -0.39 is 20.6 Å². The number of nitro benzene ring substituents is 1. The molecule has 0 atom stereocenters. The van der Waals surface area contributed by atoms with Crippen LogP contribution in [0, 0.1) is 22.9 Å². The van der Waals surface area contributed by atoms with E-state index in [0.717, 1.165) is 22.2 Å². The van der Waals surface area contributed by atoms with Gasteiger partial charge in [-0.1, -0.05) is 12.1 Å². The zero-order chi connectivity index (χ0) is 20.3. The number of sulfonamides is 1. The molecule has 0 aliphatic heterocycles. The van der Waals surface area contributed by atoms with E-state index in [-0.39, 0.29) is 17.3 Å². The van der Waals surface area contributed by atoms with Crippen LogP contribution in [0.5, 0.6) is 0 Å². The minimum absolute atomic E-state index is 0.0697. The van der Waals surface area contributed by atoms with Crippen LogP contribution in [0.3, 0.4) is 0 Å². The first kappa shape index (κ1) is 20.1. The number of halogens is 1. The van der Waals surface area contributed by atoms with E-state index in [9.17, 15) is 22.9 Å². The molecule has 0 saturated heterocycles. The lowest BCUT2D eigenvalue weighted by molar-refractivity contribution is -0.387. The van der Waals surface area contributed by atoms with Crippen LogP contribution in [-0.2, 0) is 16.4 Å². The quantitative estimate of drug-likeness (QED) is 0.463. The number of nitrogens with zero attached hydrogens (tertiary/aromatic N) is 2. The first-order valence-electron chi connectivity index (χ1n) is 8.23. The Hall–Kier alpha value is -2.69. The van der Waals surface area contributed by atoms with E-state index >= 15 is 0 Å². The smallest absolute Gasteiger partial charge is 0.258 e. The van der Waals surface area contributed by atoms with Crippen molar-refractivity contribution in [2.24, 2.45) is 0 Å². The van der Waals surface area contributed by atoms with Crippen LogP contribution in [0.1, 0.15) is 10.6 Å². The predicted octanol–water partition coefficient (Wildman–Crippen LogP) is 3.69. The number of para-hydroxylation sites is 1. The Kier molecular flexibility index (Phi) is 5.82. The van der Waals surface area contributed by atoms with E-state index in [2.05, 4.69) is 9.71 Å². The van der Waals surface area contributed by atoms with Gasteiger partial charge < -0.3 is 0 Å². The maximum Gasteiger partial charge on any atom is 0.289 e. The number of thiazole rings is 1. The van der Waals surface area contributed by atoms with Crippen LogP contribution in [0.15, 0.2) is 53.4 Å². The Labute approximate surface area is 165 Å². The molecular formula is C18H16FN3O4S2. The highest BCUT2D eigenvalue weighted by atomic mass is 32.2. The summed E-state index contributed by atoms with van der Waals surface area (Å²) in [5, 5.41) is 11.8. The highest BCUT2D eigenvalue weighted by molar-refractivity contribution is 7.89. The summed E-state index contributed by atoms with van der Waals surface area (Å²) in [6, 6.07) is 11.2. The summed E-state index contributed by atoms with van der Waals surface area (Å²) in [4.78, 5) is 15.3. The first-order chi connectivity index (χ1) is 13.3. The van der Waals surface area contributed by atoms with Gasteiger partial charge in [-0.2, -0.15) is 0 Å². The second kappa shape index (κ2) is 8.13. The maximum atomic E-state index is 13.1. The molecule has 0 radical (unpaired) electrons. The maximum absolute atomic E-state index is 13.1. The van der Waals surface area contributed by atoms with Crippen molar-refractivity contribution in [2.75, 3.05) is 6.54 Å². The Bertz CT molecular complexity index is 1110. The van der Waals surface area contributed by atoms with E-state index in [0.29, 0.717) is 11.4 Å².